The lowest BCUT2D eigenvalue weighted by molar-refractivity contribution is 0.494. The van der Waals surface area contributed by atoms with Crippen molar-refractivity contribution in [3.63, 3.8) is 0 Å². The lowest BCUT2D eigenvalue weighted by Crippen LogP contribution is -2.15. The largest absolute Gasteiger partial charge is 0.370 e. The van der Waals surface area contributed by atoms with E-state index in [1.54, 1.807) is 23.5 Å². The third-order valence-electron chi connectivity index (χ3n) is 1.71. The molecule has 0 aliphatic carbocycles. The van der Waals surface area contributed by atoms with Gasteiger partial charge in [-0.2, -0.15) is 5.26 Å². The second-order valence-corrected chi connectivity index (χ2v) is 6.25. The van der Waals surface area contributed by atoms with Gasteiger partial charge in [-0.05, 0) is 0 Å². The predicted octanol–water partition coefficient (Wildman–Crippen LogP) is 2.28. The summed E-state index contributed by atoms with van der Waals surface area (Å²) in [4.78, 5) is 4.16. The zero-order valence-electron chi connectivity index (χ0n) is 9.24. The van der Waals surface area contributed by atoms with E-state index in [2.05, 4.69) is 25.1 Å². The molecule has 1 rings (SSSR count). The van der Waals surface area contributed by atoms with Crippen LogP contribution in [0.25, 0.3) is 0 Å². The summed E-state index contributed by atoms with van der Waals surface area (Å²) < 4.78 is 1.05. The first-order valence-electron chi connectivity index (χ1n) is 4.31. The van der Waals surface area contributed by atoms with Gasteiger partial charge < -0.3 is 9.80 Å². The molecule has 0 fully saturated rings. The van der Waals surface area contributed by atoms with Gasteiger partial charge in [-0.15, -0.1) is 0 Å². The quantitative estimate of drug-likeness (QED) is 0.561. The summed E-state index contributed by atoms with van der Waals surface area (Å²) in [5, 5.41) is 11.9. The van der Waals surface area contributed by atoms with E-state index in [1.165, 1.54) is 10.1 Å². The second kappa shape index (κ2) is 5.16. The summed E-state index contributed by atoms with van der Waals surface area (Å²) in [6.45, 7) is 0. The molecule has 0 amide bonds. The minimum absolute atomic E-state index is 0.709. The summed E-state index contributed by atoms with van der Waals surface area (Å²) >= 11 is 3.30. The smallest absolute Gasteiger partial charge is 0.107 e. The number of rotatable bonds is 2. The van der Waals surface area contributed by atoms with Gasteiger partial charge in [-0.1, -0.05) is 32.8 Å². The number of hydrogen-bond donors (Lipinski definition) is 0. The molecule has 1 aliphatic heterocycles. The molecule has 82 valence electrons. The number of nitriles is 1. The fourth-order valence-electron chi connectivity index (χ4n) is 1.00. The van der Waals surface area contributed by atoms with E-state index in [1.807, 2.05) is 28.2 Å². The van der Waals surface area contributed by atoms with Gasteiger partial charge in [-0.3, -0.25) is 0 Å². The molecular weight excluding hydrogens is 245 g/mol. The van der Waals surface area contributed by atoms with Crippen LogP contribution >= 0.6 is 32.8 Å². The SMILES string of the molecule is CN(C)C1=C(N(C)C)SC(=C(P)C#N)S1. The highest BCUT2D eigenvalue weighted by atomic mass is 32.2. The molecular formula is C9H14N3PS2. The number of nitrogens with zero attached hydrogens (tertiary/aromatic N) is 3. The van der Waals surface area contributed by atoms with Crippen molar-refractivity contribution in [3.05, 3.63) is 19.6 Å². The Hall–Kier alpha value is -0.300. The molecule has 0 aromatic heterocycles. The van der Waals surface area contributed by atoms with E-state index in [-0.39, 0.29) is 0 Å². The van der Waals surface area contributed by atoms with Crippen LogP contribution in [0.1, 0.15) is 0 Å². The first-order chi connectivity index (χ1) is 6.97. The minimum atomic E-state index is 0.709. The zero-order valence-corrected chi connectivity index (χ0v) is 12.0. The molecule has 0 radical (unpaired) electrons. The van der Waals surface area contributed by atoms with Crippen molar-refractivity contribution >= 4 is 32.8 Å². The van der Waals surface area contributed by atoms with E-state index in [0.717, 1.165) is 4.24 Å². The van der Waals surface area contributed by atoms with Gasteiger partial charge in [0.05, 0.1) is 9.55 Å². The molecule has 0 aromatic carbocycles. The van der Waals surface area contributed by atoms with E-state index in [9.17, 15) is 0 Å². The Morgan fingerprint density at radius 2 is 1.53 bits per heavy atom. The van der Waals surface area contributed by atoms with Gasteiger partial charge in [-0.25, -0.2) is 0 Å². The Kier molecular flexibility index (Phi) is 4.39. The van der Waals surface area contributed by atoms with Crippen molar-refractivity contribution in [1.82, 2.24) is 9.80 Å². The molecule has 3 nitrogen and oxygen atoms in total. The van der Waals surface area contributed by atoms with E-state index in [4.69, 9.17) is 5.26 Å². The van der Waals surface area contributed by atoms with Gasteiger partial charge in [0.25, 0.3) is 0 Å². The molecule has 1 unspecified atom stereocenters. The Bertz CT molecular complexity index is 344. The van der Waals surface area contributed by atoms with Gasteiger partial charge in [0.2, 0.25) is 0 Å². The van der Waals surface area contributed by atoms with Gasteiger partial charge in [0.15, 0.2) is 0 Å². The molecule has 1 atom stereocenters. The van der Waals surface area contributed by atoms with Crippen molar-refractivity contribution in [2.24, 2.45) is 0 Å². The zero-order chi connectivity index (χ0) is 11.6. The van der Waals surface area contributed by atoms with Gasteiger partial charge in [0.1, 0.15) is 16.1 Å². The summed E-state index contributed by atoms with van der Waals surface area (Å²) in [6, 6.07) is 2.16. The van der Waals surface area contributed by atoms with Crippen molar-refractivity contribution < 1.29 is 0 Å². The van der Waals surface area contributed by atoms with Crippen LogP contribution in [-0.4, -0.2) is 38.0 Å². The molecule has 1 heterocycles. The molecule has 15 heavy (non-hydrogen) atoms. The van der Waals surface area contributed by atoms with Crippen LogP contribution in [0, 0.1) is 11.3 Å². The van der Waals surface area contributed by atoms with Crippen LogP contribution < -0.4 is 0 Å². The van der Waals surface area contributed by atoms with Crippen LogP contribution in [0.15, 0.2) is 19.6 Å². The monoisotopic (exact) mass is 259 g/mol. The average molecular weight is 259 g/mol. The Labute approximate surface area is 102 Å². The first-order valence-corrected chi connectivity index (χ1v) is 6.53. The first kappa shape index (κ1) is 12.8. The van der Waals surface area contributed by atoms with Crippen LogP contribution in [-0.2, 0) is 0 Å². The highest BCUT2D eigenvalue weighted by Crippen LogP contribution is 2.52. The number of thioether (sulfide) groups is 2. The second-order valence-electron chi connectivity index (χ2n) is 3.42. The average Bonchev–Trinajstić information content (AvgIpc) is 2.61. The maximum absolute atomic E-state index is 8.84. The van der Waals surface area contributed by atoms with Crippen molar-refractivity contribution in [2.45, 2.75) is 0 Å². The molecule has 1 aliphatic rings. The number of allylic oxidation sites excluding steroid dienone is 1. The summed E-state index contributed by atoms with van der Waals surface area (Å²) in [5.41, 5.74) is 0. The number of hydrogen-bond acceptors (Lipinski definition) is 5. The van der Waals surface area contributed by atoms with E-state index in [0.29, 0.717) is 5.31 Å². The Morgan fingerprint density at radius 3 is 1.80 bits per heavy atom. The molecule has 0 N–H and O–H groups in total. The predicted molar refractivity (Wildman–Crippen MR) is 71.9 cm³/mol. The third-order valence-corrected chi connectivity index (χ3v) is 5.49. The maximum Gasteiger partial charge on any atom is 0.107 e. The molecule has 0 spiro atoms. The molecule has 0 bridgehead atoms. The highest BCUT2D eigenvalue weighted by Gasteiger charge is 2.25. The van der Waals surface area contributed by atoms with Crippen molar-refractivity contribution in [3.8, 4) is 6.07 Å². The lowest BCUT2D eigenvalue weighted by atomic mass is 10.7. The summed E-state index contributed by atoms with van der Waals surface area (Å²) in [7, 11) is 10.6. The standard InChI is InChI=1S/C9H14N3PS2/c1-11(2)7-8(12(3)4)15-9(14-7)6(13)5-10/h13H2,1-4H3. The Morgan fingerprint density at radius 1 is 1.13 bits per heavy atom. The molecule has 0 saturated heterocycles. The molecule has 0 aromatic rings. The molecule has 0 saturated carbocycles. The molecule has 6 heteroatoms. The van der Waals surface area contributed by atoms with Crippen LogP contribution in [0.5, 0.6) is 0 Å². The van der Waals surface area contributed by atoms with Crippen LogP contribution in [0.3, 0.4) is 0 Å². The third kappa shape index (κ3) is 2.84. The summed E-state index contributed by atoms with van der Waals surface area (Å²) in [5.74, 6) is 0. The van der Waals surface area contributed by atoms with Gasteiger partial charge >= 0.3 is 0 Å². The van der Waals surface area contributed by atoms with Crippen molar-refractivity contribution in [2.75, 3.05) is 28.2 Å². The minimum Gasteiger partial charge on any atom is -0.370 e. The van der Waals surface area contributed by atoms with E-state index < -0.39 is 0 Å². The van der Waals surface area contributed by atoms with E-state index >= 15 is 0 Å². The maximum atomic E-state index is 8.84. The lowest BCUT2D eigenvalue weighted by Gasteiger charge is -2.18. The van der Waals surface area contributed by atoms with Crippen LogP contribution in [0.2, 0.25) is 0 Å². The Balaban J connectivity index is 3.02. The van der Waals surface area contributed by atoms with Crippen molar-refractivity contribution in [1.29, 1.82) is 5.26 Å². The summed E-state index contributed by atoms with van der Waals surface area (Å²) in [6.07, 6.45) is 0. The van der Waals surface area contributed by atoms with Gasteiger partial charge in [0, 0.05) is 28.2 Å². The topological polar surface area (TPSA) is 30.3 Å². The fourth-order valence-corrected chi connectivity index (χ4v) is 3.82. The van der Waals surface area contributed by atoms with Crippen LogP contribution in [0.4, 0.5) is 0 Å². The highest BCUT2D eigenvalue weighted by molar-refractivity contribution is 8.28. The fraction of sp³-hybridized carbons (Fsp3) is 0.444. The normalized spacial score (nSPS) is 15.3.